The summed E-state index contributed by atoms with van der Waals surface area (Å²) in [6.07, 6.45) is 1.59. The minimum absolute atomic E-state index is 0.00296. The van der Waals surface area contributed by atoms with E-state index in [9.17, 15) is 9.59 Å². The van der Waals surface area contributed by atoms with Crippen molar-refractivity contribution in [1.82, 2.24) is 9.80 Å². The number of rotatable bonds is 4. The number of carbonyl (C=O) groups excluding carboxylic acids is 1. The number of carbonyl (C=O) groups is 2. The van der Waals surface area contributed by atoms with E-state index >= 15 is 0 Å². The summed E-state index contributed by atoms with van der Waals surface area (Å²) in [5.41, 5.74) is 0. The van der Waals surface area contributed by atoms with Gasteiger partial charge in [0.1, 0.15) is 5.76 Å². The Labute approximate surface area is 105 Å². The van der Waals surface area contributed by atoms with Crippen LogP contribution in [0.1, 0.15) is 12.2 Å². The van der Waals surface area contributed by atoms with E-state index in [1.807, 2.05) is 11.0 Å². The third kappa shape index (κ3) is 2.89. The minimum atomic E-state index is -0.854. The average Bonchev–Trinajstić information content (AvgIpc) is 2.77. The molecule has 18 heavy (non-hydrogen) atoms. The van der Waals surface area contributed by atoms with Gasteiger partial charge in [-0.2, -0.15) is 0 Å². The third-order valence-electron chi connectivity index (χ3n) is 3.11. The van der Waals surface area contributed by atoms with E-state index in [-0.39, 0.29) is 24.9 Å². The fourth-order valence-corrected chi connectivity index (χ4v) is 2.14. The Balaban J connectivity index is 2.07. The molecule has 1 atom stereocenters. The summed E-state index contributed by atoms with van der Waals surface area (Å²) in [4.78, 5) is 26.0. The molecular weight excluding hydrogens is 236 g/mol. The number of amides is 1. The number of likely N-dealkylation sites (N-methyl/N-ethyl adjacent to an activating group) is 1. The second-order valence-corrected chi connectivity index (χ2v) is 4.51. The molecular formula is C12H16N2O4. The van der Waals surface area contributed by atoms with Gasteiger partial charge in [0.15, 0.2) is 0 Å². The molecule has 1 saturated heterocycles. The maximum atomic E-state index is 11.7. The lowest BCUT2D eigenvalue weighted by atomic mass is 10.1. The van der Waals surface area contributed by atoms with Crippen LogP contribution in [0.2, 0.25) is 0 Å². The van der Waals surface area contributed by atoms with Gasteiger partial charge in [0.25, 0.3) is 0 Å². The first-order valence-electron chi connectivity index (χ1n) is 5.78. The summed E-state index contributed by atoms with van der Waals surface area (Å²) < 4.78 is 5.24. The molecule has 0 bridgehead atoms. The van der Waals surface area contributed by atoms with Crippen LogP contribution in [0.4, 0.5) is 0 Å². The van der Waals surface area contributed by atoms with Crippen molar-refractivity contribution in [2.45, 2.75) is 19.0 Å². The molecule has 0 aliphatic carbocycles. The number of carboxylic acids is 1. The number of hydrogen-bond donors (Lipinski definition) is 1. The standard InChI is InChI=1S/C12H16N2O4/c1-13-6-9(5-12(16)17)14(8-11(13)15)7-10-3-2-4-18-10/h2-4,9H,5-8H2,1H3,(H,16,17). The third-order valence-corrected chi connectivity index (χ3v) is 3.11. The van der Waals surface area contributed by atoms with E-state index in [0.29, 0.717) is 13.1 Å². The zero-order valence-electron chi connectivity index (χ0n) is 10.2. The highest BCUT2D eigenvalue weighted by Crippen LogP contribution is 2.16. The van der Waals surface area contributed by atoms with Crippen LogP contribution in [-0.2, 0) is 16.1 Å². The van der Waals surface area contributed by atoms with Crippen LogP contribution in [0.15, 0.2) is 22.8 Å². The summed E-state index contributed by atoms with van der Waals surface area (Å²) in [5, 5.41) is 8.91. The van der Waals surface area contributed by atoms with Crippen LogP contribution >= 0.6 is 0 Å². The average molecular weight is 252 g/mol. The van der Waals surface area contributed by atoms with E-state index in [2.05, 4.69) is 0 Å². The van der Waals surface area contributed by atoms with Crippen molar-refractivity contribution in [1.29, 1.82) is 0 Å². The van der Waals surface area contributed by atoms with Gasteiger partial charge in [0.05, 0.1) is 25.8 Å². The SMILES string of the molecule is CN1CC(CC(=O)O)N(Cc2ccco2)CC1=O. The van der Waals surface area contributed by atoms with Gasteiger partial charge in [-0.15, -0.1) is 0 Å². The van der Waals surface area contributed by atoms with Gasteiger partial charge in [0, 0.05) is 19.6 Å². The van der Waals surface area contributed by atoms with Crippen molar-refractivity contribution in [2.75, 3.05) is 20.1 Å². The summed E-state index contributed by atoms with van der Waals surface area (Å²) in [7, 11) is 1.70. The highest BCUT2D eigenvalue weighted by atomic mass is 16.4. The Bertz CT molecular complexity index is 429. The lowest BCUT2D eigenvalue weighted by Crippen LogP contribution is -2.54. The molecule has 1 aromatic heterocycles. The highest BCUT2D eigenvalue weighted by Gasteiger charge is 2.31. The zero-order chi connectivity index (χ0) is 13.1. The molecule has 2 heterocycles. The lowest BCUT2D eigenvalue weighted by Gasteiger charge is -2.38. The summed E-state index contributed by atoms with van der Waals surface area (Å²) in [6.45, 7) is 1.13. The highest BCUT2D eigenvalue weighted by molar-refractivity contribution is 5.79. The molecule has 1 amide bonds. The quantitative estimate of drug-likeness (QED) is 0.839. The minimum Gasteiger partial charge on any atom is -0.481 e. The zero-order valence-corrected chi connectivity index (χ0v) is 10.2. The molecule has 1 unspecified atom stereocenters. The molecule has 0 spiro atoms. The van der Waals surface area contributed by atoms with Crippen molar-refractivity contribution in [3.05, 3.63) is 24.2 Å². The Morgan fingerprint density at radius 2 is 2.39 bits per heavy atom. The van der Waals surface area contributed by atoms with E-state index < -0.39 is 5.97 Å². The monoisotopic (exact) mass is 252 g/mol. The molecule has 0 aromatic carbocycles. The maximum absolute atomic E-state index is 11.7. The van der Waals surface area contributed by atoms with Crippen LogP contribution in [0, 0.1) is 0 Å². The Morgan fingerprint density at radius 1 is 1.61 bits per heavy atom. The molecule has 1 aromatic rings. The normalized spacial score (nSPS) is 21.3. The Kier molecular flexibility index (Phi) is 3.66. The first kappa shape index (κ1) is 12.6. The summed E-state index contributed by atoms with van der Waals surface area (Å²) in [6, 6.07) is 3.43. The van der Waals surface area contributed by atoms with Crippen molar-refractivity contribution < 1.29 is 19.1 Å². The fraction of sp³-hybridized carbons (Fsp3) is 0.500. The number of hydrogen-bond acceptors (Lipinski definition) is 4. The second kappa shape index (κ2) is 5.22. The fourth-order valence-electron chi connectivity index (χ4n) is 2.14. The predicted octanol–water partition coefficient (Wildman–Crippen LogP) is 0.397. The molecule has 1 N–H and O–H groups in total. The van der Waals surface area contributed by atoms with E-state index in [1.54, 1.807) is 24.3 Å². The molecule has 98 valence electrons. The van der Waals surface area contributed by atoms with Crippen molar-refractivity contribution >= 4 is 11.9 Å². The smallest absolute Gasteiger partial charge is 0.305 e. The first-order valence-corrected chi connectivity index (χ1v) is 5.78. The van der Waals surface area contributed by atoms with Gasteiger partial charge in [-0.1, -0.05) is 0 Å². The molecule has 6 nitrogen and oxygen atoms in total. The molecule has 1 fully saturated rings. The summed E-state index contributed by atoms with van der Waals surface area (Å²) >= 11 is 0. The van der Waals surface area contributed by atoms with Crippen LogP contribution in [0.5, 0.6) is 0 Å². The first-order chi connectivity index (χ1) is 8.56. The topological polar surface area (TPSA) is 74.0 Å². The van der Waals surface area contributed by atoms with Gasteiger partial charge >= 0.3 is 5.97 Å². The van der Waals surface area contributed by atoms with Crippen LogP contribution < -0.4 is 0 Å². The van der Waals surface area contributed by atoms with Crippen molar-refractivity contribution in [2.24, 2.45) is 0 Å². The van der Waals surface area contributed by atoms with Crippen LogP contribution in [0.25, 0.3) is 0 Å². The number of furan rings is 1. The van der Waals surface area contributed by atoms with Gasteiger partial charge in [0.2, 0.25) is 5.91 Å². The molecule has 1 aliphatic rings. The molecule has 0 saturated carbocycles. The molecule has 1 aliphatic heterocycles. The van der Waals surface area contributed by atoms with Crippen molar-refractivity contribution in [3.8, 4) is 0 Å². The van der Waals surface area contributed by atoms with Gasteiger partial charge < -0.3 is 14.4 Å². The molecule has 0 radical (unpaired) electrons. The Hall–Kier alpha value is -1.82. The number of nitrogens with zero attached hydrogens (tertiary/aromatic N) is 2. The molecule has 6 heteroatoms. The van der Waals surface area contributed by atoms with Gasteiger partial charge in [-0.3, -0.25) is 14.5 Å². The molecule has 2 rings (SSSR count). The Morgan fingerprint density at radius 3 is 3.00 bits per heavy atom. The van der Waals surface area contributed by atoms with Gasteiger partial charge in [-0.25, -0.2) is 0 Å². The second-order valence-electron chi connectivity index (χ2n) is 4.51. The lowest BCUT2D eigenvalue weighted by molar-refractivity contribution is -0.144. The number of carboxylic acid groups (broad SMARTS) is 1. The largest absolute Gasteiger partial charge is 0.481 e. The van der Waals surface area contributed by atoms with Crippen LogP contribution in [-0.4, -0.2) is 53.0 Å². The predicted molar refractivity (Wildman–Crippen MR) is 62.8 cm³/mol. The van der Waals surface area contributed by atoms with E-state index in [0.717, 1.165) is 5.76 Å². The maximum Gasteiger partial charge on any atom is 0.305 e. The van der Waals surface area contributed by atoms with Crippen LogP contribution in [0.3, 0.4) is 0 Å². The van der Waals surface area contributed by atoms with E-state index in [1.165, 1.54) is 0 Å². The van der Waals surface area contributed by atoms with E-state index in [4.69, 9.17) is 9.52 Å². The van der Waals surface area contributed by atoms with Crippen molar-refractivity contribution in [3.63, 3.8) is 0 Å². The number of aliphatic carboxylic acids is 1. The summed E-state index contributed by atoms with van der Waals surface area (Å²) in [5.74, 6) is -0.113. The number of piperazine rings is 1. The van der Waals surface area contributed by atoms with Gasteiger partial charge in [-0.05, 0) is 12.1 Å².